The number of urea groups is 1. The first-order valence-corrected chi connectivity index (χ1v) is 4.31. The Balaban J connectivity index is 2.18. The van der Waals surface area contributed by atoms with Gasteiger partial charge in [0, 0.05) is 6.20 Å². The van der Waals surface area contributed by atoms with Crippen molar-refractivity contribution in [2.45, 2.75) is 6.54 Å². The standard InChI is InChI=1S/C8H10N4O4/c13-7(14)4-16-12-8(15)10-3-6-1-2-9-5-11-6/h1-2,5H,3-4H2,(H,13,14)(H2,10,12,15). The fourth-order valence-corrected chi connectivity index (χ4v) is 0.793. The lowest BCUT2D eigenvalue weighted by atomic mass is 10.4. The number of hydrogen-bond acceptors (Lipinski definition) is 5. The quantitative estimate of drug-likeness (QED) is 0.571. The fraction of sp³-hybridized carbons (Fsp3) is 0.250. The van der Waals surface area contributed by atoms with E-state index in [2.05, 4.69) is 20.1 Å². The molecule has 1 aromatic rings. The maximum absolute atomic E-state index is 11.0. The van der Waals surface area contributed by atoms with Crippen LogP contribution >= 0.6 is 0 Å². The molecule has 2 amide bonds. The van der Waals surface area contributed by atoms with Crippen molar-refractivity contribution in [2.24, 2.45) is 0 Å². The molecule has 0 radical (unpaired) electrons. The van der Waals surface area contributed by atoms with Crippen LogP contribution in [0.2, 0.25) is 0 Å². The summed E-state index contributed by atoms with van der Waals surface area (Å²) in [6, 6.07) is 0.998. The van der Waals surface area contributed by atoms with Crippen LogP contribution in [0.3, 0.4) is 0 Å². The van der Waals surface area contributed by atoms with E-state index in [0.29, 0.717) is 5.69 Å². The topological polar surface area (TPSA) is 113 Å². The molecule has 0 fully saturated rings. The summed E-state index contributed by atoms with van der Waals surface area (Å²) in [5.74, 6) is -1.17. The van der Waals surface area contributed by atoms with Crippen molar-refractivity contribution >= 4 is 12.0 Å². The first-order valence-electron chi connectivity index (χ1n) is 4.31. The third kappa shape index (κ3) is 4.86. The molecule has 0 bridgehead atoms. The molecular weight excluding hydrogens is 216 g/mol. The van der Waals surface area contributed by atoms with Gasteiger partial charge >= 0.3 is 12.0 Å². The summed E-state index contributed by atoms with van der Waals surface area (Å²) in [6.45, 7) is -0.397. The number of carboxylic acid groups (broad SMARTS) is 1. The highest BCUT2D eigenvalue weighted by molar-refractivity contribution is 5.73. The highest BCUT2D eigenvalue weighted by Crippen LogP contribution is 1.88. The van der Waals surface area contributed by atoms with Crippen LogP contribution in [0.4, 0.5) is 4.79 Å². The molecule has 86 valence electrons. The zero-order valence-corrected chi connectivity index (χ0v) is 8.21. The first-order chi connectivity index (χ1) is 7.68. The minimum Gasteiger partial charge on any atom is -0.479 e. The Bertz CT molecular complexity index is 356. The maximum atomic E-state index is 11.0. The second-order valence-electron chi connectivity index (χ2n) is 2.67. The number of nitrogens with one attached hydrogen (secondary N) is 2. The van der Waals surface area contributed by atoms with E-state index in [1.807, 2.05) is 5.48 Å². The van der Waals surface area contributed by atoms with Gasteiger partial charge in [0.2, 0.25) is 0 Å². The van der Waals surface area contributed by atoms with E-state index in [9.17, 15) is 9.59 Å². The Labute approximate surface area is 90.6 Å². The summed E-state index contributed by atoms with van der Waals surface area (Å²) in [5.41, 5.74) is 2.54. The molecule has 0 saturated carbocycles. The van der Waals surface area contributed by atoms with Crippen molar-refractivity contribution in [1.29, 1.82) is 0 Å². The Morgan fingerprint density at radius 3 is 2.94 bits per heavy atom. The summed E-state index contributed by atoms with van der Waals surface area (Å²) in [6.07, 6.45) is 2.90. The van der Waals surface area contributed by atoms with Gasteiger partial charge < -0.3 is 10.4 Å². The van der Waals surface area contributed by atoms with Crippen LogP contribution in [0.25, 0.3) is 0 Å². The molecule has 0 unspecified atom stereocenters. The number of amides is 2. The van der Waals surface area contributed by atoms with E-state index < -0.39 is 18.6 Å². The summed E-state index contributed by atoms with van der Waals surface area (Å²) < 4.78 is 0. The lowest BCUT2D eigenvalue weighted by Gasteiger charge is -2.05. The van der Waals surface area contributed by atoms with Gasteiger partial charge in [0.1, 0.15) is 6.33 Å². The van der Waals surface area contributed by atoms with Gasteiger partial charge in [-0.15, -0.1) is 0 Å². The van der Waals surface area contributed by atoms with E-state index in [1.165, 1.54) is 6.33 Å². The lowest BCUT2D eigenvalue weighted by Crippen LogP contribution is -2.36. The number of hydrogen-bond donors (Lipinski definition) is 3. The van der Waals surface area contributed by atoms with E-state index in [4.69, 9.17) is 5.11 Å². The summed E-state index contributed by atoms with van der Waals surface area (Å²) in [5, 5.41) is 10.6. The number of nitrogens with zero attached hydrogens (tertiary/aromatic N) is 2. The van der Waals surface area contributed by atoms with Crippen LogP contribution < -0.4 is 10.8 Å². The number of carbonyl (C=O) groups excluding carboxylic acids is 1. The van der Waals surface area contributed by atoms with Gasteiger partial charge in [-0.25, -0.2) is 25.0 Å². The molecule has 0 aromatic carbocycles. The molecule has 16 heavy (non-hydrogen) atoms. The molecule has 0 aliphatic carbocycles. The van der Waals surface area contributed by atoms with Gasteiger partial charge in [-0.3, -0.25) is 4.84 Å². The number of rotatable bonds is 5. The van der Waals surface area contributed by atoms with Crippen LogP contribution in [-0.4, -0.2) is 33.7 Å². The second-order valence-corrected chi connectivity index (χ2v) is 2.67. The van der Waals surface area contributed by atoms with Crippen LogP contribution in [0, 0.1) is 0 Å². The average Bonchev–Trinajstić information content (AvgIpc) is 2.27. The molecule has 0 saturated heterocycles. The Kier molecular flexibility index (Phi) is 4.67. The van der Waals surface area contributed by atoms with Crippen LogP contribution in [0.15, 0.2) is 18.6 Å². The predicted molar refractivity (Wildman–Crippen MR) is 51.0 cm³/mol. The second kappa shape index (κ2) is 6.30. The molecule has 1 aromatic heterocycles. The molecule has 1 rings (SSSR count). The molecule has 0 aliphatic rings. The van der Waals surface area contributed by atoms with Crippen LogP contribution in [0.5, 0.6) is 0 Å². The number of aliphatic carboxylic acids is 1. The number of hydroxylamine groups is 1. The lowest BCUT2D eigenvalue weighted by molar-refractivity contribution is -0.144. The summed E-state index contributed by atoms with van der Waals surface area (Å²) in [7, 11) is 0. The van der Waals surface area contributed by atoms with Crippen molar-refractivity contribution in [1.82, 2.24) is 20.8 Å². The van der Waals surface area contributed by atoms with Gasteiger partial charge in [0.25, 0.3) is 0 Å². The first kappa shape index (κ1) is 11.9. The van der Waals surface area contributed by atoms with Gasteiger partial charge in [0.15, 0.2) is 6.61 Å². The largest absolute Gasteiger partial charge is 0.479 e. The van der Waals surface area contributed by atoms with Crippen LogP contribution in [-0.2, 0) is 16.2 Å². The highest BCUT2D eigenvalue weighted by atomic mass is 16.7. The van der Waals surface area contributed by atoms with Crippen molar-refractivity contribution in [3.63, 3.8) is 0 Å². The minimum atomic E-state index is -1.17. The highest BCUT2D eigenvalue weighted by Gasteiger charge is 2.02. The Morgan fingerprint density at radius 2 is 2.31 bits per heavy atom. The summed E-state index contributed by atoms with van der Waals surface area (Å²) in [4.78, 5) is 33.0. The van der Waals surface area contributed by atoms with Gasteiger partial charge in [0.05, 0.1) is 12.2 Å². The Hall–Kier alpha value is -2.22. The third-order valence-electron chi connectivity index (χ3n) is 1.43. The molecule has 8 nitrogen and oxygen atoms in total. The molecule has 0 aliphatic heterocycles. The third-order valence-corrected chi connectivity index (χ3v) is 1.43. The van der Waals surface area contributed by atoms with Gasteiger partial charge in [-0.1, -0.05) is 0 Å². The smallest absolute Gasteiger partial charge is 0.339 e. The van der Waals surface area contributed by atoms with Crippen LogP contribution in [0.1, 0.15) is 5.69 Å². The monoisotopic (exact) mass is 226 g/mol. The number of carboxylic acids is 1. The molecule has 3 N–H and O–H groups in total. The molecular formula is C8H10N4O4. The molecule has 8 heteroatoms. The minimum absolute atomic E-state index is 0.199. The van der Waals surface area contributed by atoms with Gasteiger partial charge in [-0.05, 0) is 6.07 Å². The van der Waals surface area contributed by atoms with E-state index in [-0.39, 0.29) is 6.54 Å². The number of carbonyl (C=O) groups is 2. The van der Waals surface area contributed by atoms with Crippen molar-refractivity contribution in [3.8, 4) is 0 Å². The molecule has 0 spiro atoms. The van der Waals surface area contributed by atoms with Crippen molar-refractivity contribution in [3.05, 3.63) is 24.3 Å². The number of aromatic nitrogens is 2. The predicted octanol–water partition coefficient (Wildman–Crippen LogP) is -0.708. The normalized spacial score (nSPS) is 9.50. The van der Waals surface area contributed by atoms with E-state index in [1.54, 1.807) is 12.3 Å². The average molecular weight is 226 g/mol. The zero-order chi connectivity index (χ0) is 11.8. The van der Waals surface area contributed by atoms with E-state index >= 15 is 0 Å². The molecule has 1 heterocycles. The Morgan fingerprint density at radius 1 is 1.50 bits per heavy atom. The zero-order valence-electron chi connectivity index (χ0n) is 8.21. The van der Waals surface area contributed by atoms with Crippen molar-refractivity contribution in [2.75, 3.05) is 6.61 Å². The van der Waals surface area contributed by atoms with Crippen molar-refractivity contribution < 1.29 is 19.5 Å². The van der Waals surface area contributed by atoms with E-state index in [0.717, 1.165) is 0 Å². The summed E-state index contributed by atoms with van der Waals surface area (Å²) >= 11 is 0. The SMILES string of the molecule is O=C(O)CONC(=O)NCc1ccncn1. The maximum Gasteiger partial charge on any atom is 0.339 e. The molecule has 0 atom stereocenters. The van der Waals surface area contributed by atoms with Gasteiger partial charge in [-0.2, -0.15) is 0 Å². The fourth-order valence-electron chi connectivity index (χ4n) is 0.793.